The van der Waals surface area contributed by atoms with Crippen LogP contribution < -0.4 is 0 Å². The fraction of sp³-hybridized carbons (Fsp3) is 0.643. The number of allylic oxidation sites excluding steroid dienone is 5. The Kier molecular flexibility index (Phi) is 7.25. The number of hydrogen-bond donors (Lipinski definition) is 0. The summed E-state index contributed by atoms with van der Waals surface area (Å²) < 4.78 is 13.8. The Morgan fingerprint density at radius 1 is 1.09 bits per heavy atom. The van der Waals surface area contributed by atoms with Crippen molar-refractivity contribution in [1.29, 1.82) is 0 Å². The molecule has 180 valence electrons. The Bertz CT molecular complexity index is 865. The summed E-state index contributed by atoms with van der Waals surface area (Å²) in [5.74, 6) is 0.178. The Hall–Kier alpha value is -2.17. The minimum atomic E-state index is 0.0359. The first-order chi connectivity index (χ1) is 15.8. The molecule has 33 heavy (non-hydrogen) atoms. The zero-order valence-electron chi connectivity index (χ0n) is 20.2. The first kappa shape index (κ1) is 24.0. The van der Waals surface area contributed by atoms with E-state index in [0.717, 1.165) is 77.4 Å². The second-order valence-electron chi connectivity index (χ2n) is 10.9. The predicted octanol–water partition coefficient (Wildman–Crippen LogP) is 5.87. The molecule has 4 nitrogen and oxygen atoms in total. The summed E-state index contributed by atoms with van der Waals surface area (Å²) in [5, 5.41) is 0. The lowest BCUT2D eigenvalue weighted by Gasteiger charge is -2.47. The molecule has 2 heterocycles. The molecule has 2 atom stereocenters. The van der Waals surface area contributed by atoms with E-state index in [1.165, 1.54) is 18.1 Å². The van der Waals surface area contributed by atoms with Gasteiger partial charge in [-0.2, -0.15) is 0 Å². The van der Waals surface area contributed by atoms with E-state index in [-0.39, 0.29) is 29.1 Å². The van der Waals surface area contributed by atoms with Crippen molar-refractivity contribution in [3.8, 4) is 0 Å². The van der Waals surface area contributed by atoms with E-state index in [2.05, 4.69) is 19.6 Å². The van der Waals surface area contributed by atoms with Crippen molar-refractivity contribution in [2.75, 3.05) is 19.6 Å². The highest BCUT2D eigenvalue weighted by Crippen LogP contribution is 2.47. The Morgan fingerprint density at radius 3 is 2.48 bits per heavy atom. The molecule has 0 aromatic carbocycles. The molecule has 2 fully saturated rings. The van der Waals surface area contributed by atoms with Crippen LogP contribution in [0.2, 0.25) is 0 Å². The van der Waals surface area contributed by atoms with Crippen LogP contribution in [0.4, 0.5) is 4.39 Å². The van der Waals surface area contributed by atoms with Crippen LogP contribution in [0, 0.1) is 10.8 Å². The summed E-state index contributed by atoms with van der Waals surface area (Å²) in [5.41, 5.74) is 1.82. The van der Waals surface area contributed by atoms with E-state index in [1.807, 2.05) is 15.9 Å². The molecule has 0 aromatic heterocycles. The van der Waals surface area contributed by atoms with Gasteiger partial charge in [0.1, 0.15) is 0 Å². The molecule has 2 amide bonds. The van der Waals surface area contributed by atoms with Gasteiger partial charge in [-0.3, -0.25) is 9.59 Å². The summed E-state index contributed by atoms with van der Waals surface area (Å²) in [6, 6.07) is 0.265. The molecule has 2 aliphatic heterocycles. The van der Waals surface area contributed by atoms with Gasteiger partial charge in [-0.1, -0.05) is 30.4 Å². The van der Waals surface area contributed by atoms with Gasteiger partial charge in [0.15, 0.2) is 0 Å². The maximum Gasteiger partial charge on any atom is 0.246 e. The van der Waals surface area contributed by atoms with Crippen LogP contribution in [0.5, 0.6) is 0 Å². The molecule has 2 aliphatic carbocycles. The number of likely N-dealkylation sites (tertiary alicyclic amines) is 2. The van der Waals surface area contributed by atoms with E-state index in [4.69, 9.17) is 0 Å². The van der Waals surface area contributed by atoms with Crippen LogP contribution in [-0.4, -0.2) is 47.3 Å². The standard InChI is InChI=1S/C28H39FN2O2/c1-3-25(32)31-19-16-28(20-22(31)2)12-9-23(10-13-28)6-4-8-26(33)30-17-14-27(15-18-30)11-5-7-24(29)21-27/h3-4,7-9,22H,1,5-6,10-21H2,2H3/b8-4-. The number of rotatable bonds is 4. The van der Waals surface area contributed by atoms with Gasteiger partial charge in [0, 0.05) is 32.1 Å². The molecule has 0 saturated carbocycles. The first-order valence-electron chi connectivity index (χ1n) is 12.7. The second-order valence-corrected chi connectivity index (χ2v) is 10.9. The summed E-state index contributed by atoms with van der Waals surface area (Å²) in [6.45, 7) is 8.09. The fourth-order valence-corrected chi connectivity index (χ4v) is 6.55. The Morgan fingerprint density at radius 2 is 1.85 bits per heavy atom. The SMILES string of the molecule is C=CC(=O)N1CCC2(CC=C(C/C=C\C(=O)N3CCC4(CCC=C(F)C4)CC3)CC2)CC1C. The molecule has 0 bridgehead atoms. The topological polar surface area (TPSA) is 40.6 Å². The van der Waals surface area contributed by atoms with Gasteiger partial charge in [0.25, 0.3) is 0 Å². The molecule has 0 radical (unpaired) electrons. The molecule has 2 spiro atoms. The van der Waals surface area contributed by atoms with Gasteiger partial charge in [0.05, 0.1) is 5.83 Å². The van der Waals surface area contributed by atoms with Gasteiger partial charge in [-0.15, -0.1) is 0 Å². The van der Waals surface area contributed by atoms with Crippen molar-refractivity contribution in [2.24, 2.45) is 10.8 Å². The van der Waals surface area contributed by atoms with Crippen molar-refractivity contribution in [3.63, 3.8) is 0 Å². The Balaban J connectivity index is 1.23. The molecule has 2 unspecified atom stereocenters. The second kappa shape index (κ2) is 9.99. The van der Waals surface area contributed by atoms with E-state index in [0.29, 0.717) is 11.8 Å². The number of amides is 2. The maximum absolute atomic E-state index is 13.8. The van der Waals surface area contributed by atoms with E-state index in [9.17, 15) is 14.0 Å². The van der Waals surface area contributed by atoms with Crippen LogP contribution in [0.25, 0.3) is 0 Å². The van der Waals surface area contributed by atoms with Crippen LogP contribution in [0.3, 0.4) is 0 Å². The highest BCUT2D eigenvalue weighted by molar-refractivity contribution is 5.88. The molecule has 2 saturated heterocycles. The fourth-order valence-electron chi connectivity index (χ4n) is 6.55. The molecule has 5 heteroatoms. The summed E-state index contributed by atoms with van der Waals surface area (Å²) >= 11 is 0. The van der Waals surface area contributed by atoms with Crippen LogP contribution in [0.15, 0.2) is 48.4 Å². The van der Waals surface area contributed by atoms with Gasteiger partial charge in [-0.25, -0.2) is 4.39 Å². The lowest BCUT2D eigenvalue weighted by Crippen LogP contribution is -2.48. The van der Waals surface area contributed by atoms with E-state index < -0.39 is 0 Å². The third-order valence-corrected chi connectivity index (χ3v) is 8.76. The zero-order chi connectivity index (χ0) is 23.5. The summed E-state index contributed by atoms with van der Waals surface area (Å²) in [6.07, 6.45) is 19.8. The third-order valence-electron chi connectivity index (χ3n) is 8.76. The summed E-state index contributed by atoms with van der Waals surface area (Å²) in [4.78, 5) is 28.6. The smallest absolute Gasteiger partial charge is 0.246 e. The van der Waals surface area contributed by atoms with Crippen LogP contribution >= 0.6 is 0 Å². The van der Waals surface area contributed by atoms with Crippen molar-refractivity contribution < 1.29 is 14.0 Å². The number of piperidine rings is 2. The largest absolute Gasteiger partial charge is 0.339 e. The highest BCUT2D eigenvalue weighted by atomic mass is 19.1. The Labute approximate surface area is 198 Å². The van der Waals surface area contributed by atoms with Crippen LogP contribution in [-0.2, 0) is 9.59 Å². The molecule has 0 N–H and O–H groups in total. The minimum Gasteiger partial charge on any atom is -0.339 e. The van der Waals surface area contributed by atoms with Gasteiger partial charge in [-0.05, 0) is 94.1 Å². The highest BCUT2D eigenvalue weighted by Gasteiger charge is 2.40. The van der Waals surface area contributed by atoms with Gasteiger partial charge >= 0.3 is 0 Å². The van der Waals surface area contributed by atoms with Crippen molar-refractivity contribution in [2.45, 2.75) is 83.6 Å². The van der Waals surface area contributed by atoms with Gasteiger partial charge in [0.2, 0.25) is 11.8 Å². The van der Waals surface area contributed by atoms with E-state index in [1.54, 1.807) is 12.2 Å². The van der Waals surface area contributed by atoms with Crippen molar-refractivity contribution in [3.05, 3.63) is 48.4 Å². The molecule has 0 aromatic rings. The normalized spacial score (nSPS) is 29.8. The monoisotopic (exact) mass is 454 g/mol. The zero-order valence-corrected chi connectivity index (χ0v) is 20.2. The quantitative estimate of drug-likeness (QED) is 0.394. The summed E-state index contributed by atoms with van der Waals surface area (Å²) in [7, 11) is 0. The average molecular weight is 455 g/mol. The maximum atomic E-state index is 13.8. The molecular weight excluding hydrogens is 415 g/mol. The number of hydrogen-bond acceptors (Lipinski definition) is 2. The average Bonchev–Trinajstić information content (AvgIpc) is 2.80. The lowest BCUT2D eigenvalue weighted by atomic mass is 9.67. The minimum absolute atomic E-state index is 0.0359. The van der Waals surface area contributed by atoms with Crippen molar-refractivity contribution in [1.82, 2.24) is 9.80 Å². The predicted molar refractivity (Wildman–Crippen MR) is 130 cm³/mol. The first-order valence-corrected chi connectivity index (χ1v) is 12.7. The number of carbonyl (C=O) groups excluding carboxylic acids is 2. The third kappa shape index (κ3) is 5.50. The molecule has 4 rings (SSSR count). The van der Waals surface area contributed by atoms with Crippen molar-refractivity contribution >= 4 is 11.8 Å². The number of halogens is 1. The lowest BCUT2D eigenvalue weighted by molar-refractivity contribution is -0.131. The number of nitrogens with zero attached hydrogens (tertiary/aromatic N) is 2. The number of carbonyl (C=O) groups is 2. The van der Waals surface area contributed by atoms with E-state index >= 15 is 0 Å². The van der Waals surface area contributed by atoms with Gasteiger partial charge < -0.3 is 9.80 Å². The van der Waals surface area contributed by atoms with Crippen LogP contribution in [0.1, 0.15) is 77.6 Å². The molecule has 4 aliphatic rings. The molecular formula is C28H39FN2O2.